The molecule has 4 rings (SSSR count). The zero-order valence-corrected chi connectivity index (χ0v) is 21.5. The number of alkyl halides is 1. The number of carbonyl (C=O) groups excluding carboxylic acids is 2. The maximum Gasteiger partial charge on any atom is 0.413 e. The summed E-state index contributed by atoms with van der Waals surface area (Å²) in [7, 11) is -5.17. The highest BCUT2D eigenvalue weighted by Crippen LogP contribution is 2.59. The molecule has 0 bridgehead atoms. The van der Waals surface area contributed by atoms with Gasteiger partial charge < -0.3 is 33.8 Å². The predicted molar refractivity (Wildman–Crippen MR) is 121 cm³/mol. The molecule has 2 fully saturated rings. The number of amides is 1. The SMILES string of the molecule is CCOC(=O)[C@H](OC1[C@H]2O[C@@H](n3cnc4c(NC(=O)OC(C)(C)C)nc(Cl)nc43)[C@@H](F)[C@@]12O)P(=O)(O)O. The number of hydrogen-bond acceptors (Lipinski definition) is 11. The summed E-state index contributed by atoms with van der Waals surface area (Å²) in [5.41, 5.74) is -3.19. The van der Waals surface area contributed by atoms with Crippen molar-refractivity contribution in [1.82, 2.24) is 19.5 Å². The monoisotopic (exact) mass is 567 g/mol. The van der Waals surface area contributed by atoms with Crippen LogP contribution in [0.3, 0.4) is 0 Å². The third-order valence-corrected chi connectivity index (χ3v) is 6.52. The zero-order chi connectivity index (χ0) is 27.5. The summed E-state index contributed by atoms with van der Waals surface area (Å²) in [6.07, 6.45) is -6.42. The fraction of sp³-hybridized carbons (Fsp3) is 0.632. The average Bonchev–Trinajstić information content (AvgIpc) is 3.00. The Balaban J connectivity index is 1.56. The highest BCUT2D eigenvalue weighted by Gasteiger charge is 2.80. The lowest BCUT2D eigenvalue weighted by Gasteiger charge is -2.24. The van der Waals surface area contributed by atoms with Crippen LogP contribution in [0.4, 0.5) is 15.0 Å². The molecule has 2 aromatic rings. The number of fused-ring (bicyclic) bond motifs is 2. The summed E-state index contributed by atoms with van der Waals surface area (Å²) in [5, 5.41) is 12.9. The van der Waals surface area contributed by atoms with E-state index in [4.69, 9.17) is 25.8 Å². The Morgan fingerprint density at radius 1 is 1.38 bits per heavy atom. The summed E-state index contributed by atoms with van der Waals surface area (Å²) in [5.74, 6) is -3.86. The topological polar surface area (TPSA) is 204 Å². The van der Waals surface area contributed by atoms with Gasteiger partial charge in [0.2, 0.25) is 5.28 Å². The van der Waals surface area contributed by atoms with Crippen LogP contribution in [-0.2, 0) is 28.3 Å². The van der Waals surface area contributed by atoms with Crippen molar-refractivity contribution in [3.63, 3.8) is 0 Å². The quantitative estimate of drug-likeness (QED) is 0.211. The van der Waals surface area contributed by atoms with Gasteiger partial charge in [-0.15, -0.1) is 0 Å². The van der Waals surface area contributed by atoms with Crippen molar-refractivity contribution in [3.05, 3.63) is 11.6 Å². The lowest BCUT2D eigenvalue weighted by atomic mass is 10.2. The van der Waals surface area contributed by atoms with Crippen molar-refractivity contribution < 1.29 is 52.4 Å². The first-order valence-corrected chi connectivity index (χ1v) is 12.9. The molecule has 0 aromatic carbocycles. The van der Waals surface area contributed by atoms with E-state index in [1.807, 2.05) is 0 Å². The maximum absolute atomic E-state index is 15.5. The van der Waals surface area contributed by atoms with Crippen molar-refractivity contribution >= 4 is 48.2 Å². The van der Waals surface area contributed by atoms with Crippen molar-refractivity contribution in [2.75, 3.05) is 11.9 Å². The van der Waals surface area contributed by atoms with E-state index in [9.17, 15) is 29.0 Å². The number of halogens is 2. The molecule has 0 spiro atoms. The summed E-state index contributed by atoms with van der Waals surface area (Å²) < 4.78 is 48.7. The van der Waals surface area contributed by atoms with Gasteiger partial charge in [0.1, 0.15) is 17.8 Å². The van der Waals surface area contributed by atoms with Gasteiger partial charge in [-0.3, -0.25) is 14.4 Å². The third kappa shape index (κ3) is 5.14. The minimum Gasteiger partial charge on any atom is -0.464 e. The molecular weight excluding hydrogens is 544 g/mol. The smallest absolute Gasteiger partial charge is 0.413 e. The first-order chi connectivity index (χ1) is 17.1. The van der Waals surface area contributed by atoms with Gasteiger partial charge in [0.25, 0.3) is 5.85 Å². The fourth-order valence-corrected chi connectivity index (χ4v) is 4.65. The Bertz CT molecular complexity index is 1280. The zero-order valence-electron chi connectivity index (χ0n) is 19.9. The molecule has 204 valence electrons. The lowest BCUT2D eigenvalue weighted by Crippen LogP contribution is -2.37. The van der Waals surface area contributed by atoms with E-state index in [0.29, 0.717) is 0 Å². The molecule has 4 N–H and O–H groups in total. The first-order valence-electron chi connectivity index (χ1n) is 10.9. The van der Waals surface area contributed by atoms with Gasteiger partial charge in [0, 0.05) is 0 Å². The van der Waals surface area contributed by atoms with Crippen LogP contribution < -0.4 is 5.32 Å². The van der Waals surface area contributed by atoms with E-state index in [1.54, 1.807) is 20.8 Å². The number of nitrogens with zero attached hydrogens (tertiary/aromatic N) is 4. The summed E-state index contributed by atoms with van der Waals surface area (Å²) >= 11 is 5.98. The number of carbonyl (C=O) groups is 2. The minimum absolute atomic E-state index is 0.00953. The summed E-state index contributed by atoms with van der Waals surface area (Å²) in [6.45, 7) is 6.20. The van der Waals surface area contributed by atoms with Crippen molar-refractivity contribution in [2.24, 2.45) is 0 Å². The number of anilines is 1. The number of aliphatic hydroxyl groups is 1. The molecule has 1 unspecified atom stereocenters. The third-order valence-electron chi connectivity index (χ3n) is 5.41. The number of esters is 1. The van der Waals surface area contributed by atoms with Crippen molar-refractivity contribution in [2.45, 2.75) is 69.3 Å². The van der Waals surface area contributed by atoms with Gasteiger partial charge in [-0.05, 0) is 39.3 Å². The molecule has 3 heterocycles. The Morgan fingerprint density at radius 2 is 2.05 bits per heavy atom. The predicted octanol–water partition coefficient (Wildman–Crippen LogP) is 1.26. The Hall–Kier alpha value is -2.46. The molecular formula is C19H24ClFN5O10P. The van der Waals surface area contributed by atoms with Crippen LogP contribution in [0.15, 0.2) is 6.33 Å². The second-order valence-electron chi connectivity index (χ2n) is 9.28. The lowest BCUT2D eigenvalue weighted by molar-refractivity contribution is -0.157. The van der Waals surface area contributed by atoms with E-state index >= 15 is 4.39 Å². The highest BCUT2D eigenvalue weighted by atomic mass is 35.5. The van der Waals surface area contributed by atoms with E-state index in [1.165, 1.54) is 6.92 Å². The van der Waals surface area contributed by atoms with E-state index in [0.717, 1.165) is 10.9 Å². The second-order valence-corrected chi connectivity index (χ2v) is 11.3. The van der Waals surface area contributed by atoms with Crippen LogP contribution in [0, 0.1) is 0 Å². The molecule has 2 aliphatic rings. The Labute approximate surface area is 213 Å². The number of imidazole rings is 1. The molecule has 1 aliphatic carbocycles. The fourth-order valence-electron chi connectivity index (χ4n) is 3.85. The van der Waals surface area contributed by atoms with Crippen LogP contribution in [0.2, 0.25) is 5.28 Å². The van der Waals surface area contributed by atoms with Crippen molar-refractivity contribution in [3.8, 4) is 0 Å². The standard InChI is InChI=1S/C19H24ClFN5O10P/c1-5-33-14(27)15(37(30,31)32)35-10-9-19(10,29)8(21)13(34-9)26-6-22-7-11(23-16(20)25-12(7)26)24-17(28)36-18(2,3)4/h6,8-10,13,15,29H,5H2,1-4H3,(H2,30,31,32)(H,23,24,25,28)/t8-,9-,10?,13-,15-,19+/m1/s1. The molecule has 15 nitrogen and oxygen atoms in total. The Morgan fingerprint density at radius 3 is 2.59 bits per heavy atom. The van der Waals surface area contributed by atoms with Crippen LogP contribution in [0.25, 0.3) is 11.2 Å². The molecule has 6 atom stereocenters. The summed E-state index contributed by atoms with van der Waals surface area (Å²) in [4.78, 5) is 55.0. The van der Waals surface area contributed by atoms with E-state index in [2.05, 4.69) is 25.0 Å². The van der Waals surface area contributed by atoms with Gasteiger partial charge in [-0.1, -0.05) is 0 Å². The van der Waals surface area contributed by atoms with E-state index in [-0.39, 0.29) is 28.9 Å². The molecule has 0 radical (unpaired) electrons. The average molecular weight is 568 g/mol. The van der Waals surface area contributed by atoms with Crippen LogP contribution in [0.5, 0.6) is 0 Å². The Kier molecular flexibility index (Phi) is 6.99. The van der Waals surface area contributed by atoms with Crippen LogP contribution in [0.1, 0.15) is 33.9 Å². The molecule has 2 aromatic heterocycles. The van der Waals surface area contributed by atoms with Gasteiger partial charge in [-0.2, -0.15) is 9.97 Å². The number of hydrogen-bond donors (Lipinski definition) is 4. The first kappa shape index (κ1) is 27.6. The highest BCUT2D eigenvalue weighted by molar-refractivity contribution is 7.53. The van der Waals surface area contributed by atoms with Crippen LogP contribution in [-0.4, -0.2) is 88.5 Å². The molecule has 1 amide bonds. The van der Waals surface area contributed by atoms with Gasteiger partial charge >= 0.3 is 19.7 Å². The number of ether oxygens (including phenoxy) is 4. The van der Waals surface area contributed by atoms with Crippen molar-refractivity contribution in [1.29, 1.82) is 0 Å². The number of nitrogens with one attached hydrogen (secondary N) is 1. The largest absolute Gasteiger partial charge is 0.464 e. The minimum atomic E-state index is -5.17. The van der Waals surface area contributed by atoms with Gasteiger partial charge in [0.05, 0.1) is 12.9 Å². The molecule has 1 saturated carbocycles. The van der Waals surface area contributed by atoms with Crippen LogP contribution >= 0.6 is 19.2 Å². The number of aromatic nitrogens is 4. The maximum atomic E-state index is 15.5. The van der Waals surface area contributed by atoms with Gasteiger partial charge in [-0.25, -0.2) is 19.0 Å². The number of rotatable bonds is 7. The molecule has 18 heteroatoms. The second kappa shape index (κ2) is 9.38. The summed E-state index contributed by atoms with van der Waals surface area (Å²) in [6, 6.07) is 0. The molecule has 1 aliphatic heterocycles. The van der Waals surface area contributed by atoms with E-state index < -0.39 is 61.3 Å². The normalized spacial score (nSPS) is 28.0. The molecule has 1 saturated heterocycles. The molecule has 37 heavy (non-hydrogen) atoms. The van der Waals surface area contributed by atoms with Gasteiger partial charge in [0.15, 0.2) is 35.0 Å².